The number of benzene rings is 2. The Morgan fingerprint density at radius 2 is 1.87 bits per heavy atom. The number of nitrogens with one attached hydrogen (secondary N) is 1. The number of nitrogens with two attached hydrogens (primary N) is 1. The Balaban J connectivity index is 1.55. The molecular weight excluding hydrogens is 493 g/mol. The van der Waals surface area contributed by atoms with Crippen molar-refractivity contribution in [3.05, 3.63) is 82.5 Å². The molecule has 2 heterocycles. The van der Waals surface area contributed by atoms with E-state index in [-0.39, 0.29) is 28.6 Å². The van der Waals surface area contributed by atoms with Gasteiger partial charge in [0.15, 0.2) is 0 Å². The van der Waals surface area contributed by atoms with Crippen molar-refractivity contribution in [1.82, 2.24) is 9.88 Å². The normalized spacial score (nSPS) is 14.4. The minimum Gasteiger partial charge on any atom is -0.495 e. The number of anilines is 2. The number of alkyl halides is 3. The van der Waals surface area contributed by atoms with Crippen LogP contribution in [0.25, 0.3) is 0 Å². The standard InChI is InChI=1S/C29H29F3N4O2/c1-36-14-11-19(12-15-36)16-21-7-9-24(18-25(21)29(30,31)32)35-28(37)23-8-10-26(38-2)22(17-23)6-5-20-4-3-13-34-27(20)33/h3-4,7-10,13,17-19H,11-12,14-16H2,1-2H3,(H2,33,34)(H,35,37). The maximum atomic E-state index is 13.9. The Hall–Kier alpha value is -4.03. The van der Waals surface area contributed by atoms with Gasteiger partial charge in [-0.2, -0.15) is 13.2 Å². The summed E-state index contributed by atoms with van der Waals surface area (Å²) in [4.78, 5) is 19.1. The molecule has 2 aromatic carbocycles. The number of halogens is 3. The Bertz CT molecular complexity index is 1370. The number of carbonyl (C=O) groups is 1. The molecule has 0 aliphatic carbocycles. The van der Waals surface area contributed by atoms with E-state index >= 15 is 0 Å². The van der Waals surface area contributed by atoms with E-state index in [1.807, 2.05) is 7.05 Å². The topological polar surface area (TPSA) is 80.5 Å². The van der Waals surface area contributed by atoms with E-state index in [1.165, 1.54) is 31.4 Å². The number of hydrogen-bond acceptors (Lipinski definition) is 5. The highest BCUT2D eigenvalue weighted by Gasteiger charge is 2.34. The summed E-state index contributed by atoms with van der Waals surface area (Å²) in [6.45, 7) is 1.76. The van der Waals surface area contributed by atoms with Gasteiger partial charge in [0.1, 0.15) is 11.6 Å². The van der Waals surface area contributed by atoms with Crippen molar-refractivity contribution < 1.29 is 22.7 Å². The van der Waals surface area contributed by atoms with Gasteiger partial charge in [0, 0.05) is 17.4 Å². The Labute approximate surface area is 220 Å². The molecule has 9 heteroatoms. The highest BCUT2D eigenvalue weighted by Crippen LogP contribution is 2.36. The van der Waals surface area contributed by atoms with E-state index in [4.69, 9.17) is 10.5 Å². The lowest BCUT2D eigenvalue weighted by Crippen LogP contribution is -2.31. The number of nitrogen functional groups attached to an aromatic ring is 1. The van der Waals surface area contributed by atoms with Crippen molar-refractivity contribution in [3.63, 3.8) is 0 Å². The second-order valence-corrected chi connectivity index (χ2v) is 9.38. The molecule has 0 spiro atoms. The number of rotatable bonds is 5. The molecule has 0 bridgehead atoms. The number of piperidine rings is 1. The highest BCUT2D eigenvalue weighted by atomic mass is 19.4. The van der Waals surface area contributed by atoms with Gasteiger partial charge < -0.3 is 20.7 Å². The molecule has 0 atom stereocenters. The van der Waals surface area contributed by atoms with Gasteiger partial charge in [-0.25, -0.2) is 4.98 Å². The van der Waals surface area contributed by atoms with E-state index in [0.717, 1.165) is 32.0 Å². The van der Waals surface area contributed by atoms with Crippen molar-refractivity contribution in [1.29, 1.82) is 0 Å². The summed E-state index contributed by atoms with van der Waals surface area (Å²) >= 11 is 0. The van der Waals surface area contributed by atoms with Crippen LogP contribution in [0.5, 0.6) is 5.75 Å². The van der Waals surface area contributed by atoms with Crippen LogP contribution in [0, 0.1) is 17.8 Å². The molecule has 1 saturated heterocycles. The fraction of sp³-hybridized carbons (Fsp3) is 0.310. The first kappa shape index (κ1) is 27.0. The summed E-state index contributed by atoms with van der Waals surface area (Å²) in [5, 5.41) is 2.59. The summed E-state index contributed by atoms with van der Waals surface area (Å²) in [6.07, 6.45) is -0.889. The first-order chi connectivity index (χ1) is 18.1. The minimum absolute atomic E-state index is 0.0704. The molecule has 3 aromatic rings. The summed E-state index contributed by atoms with van der Waals surface area (Å²) < 4.78 is 47.1. The van der Waals surface area contributed by atoms with Crippen LogP contribution in [0.4, 0.5) is 24.7 Å². The first-order valence-corrected chi connectivity index (χ1v) is 12.2. The lowest BCUT2D eigenvalue weighted by Gasteiger charge is -2.29. The van der Waals surface area contributed by atoms with Crippen molar-refractivity contribution in [2.24, 2.45) is 5.92 Å². The quantitative estimate of drug-likeness (QED) is 0.449. The van der Waals surface area contributed by atoms with Gasteiger partial charge in [-0.3, -0.25) is 4.79 Å². The molecule has 0 radical (unpaired) electrons. The number of likely N-dealkylation sites (tertiary alicyclic amines) is 1. The first-order valence-electron chi connectivity index (χ1n) is 12.2. The lowest BCUT2D eigenvalue weighted by molar-refractivity contribution is -0.138. The zero-order chi connectivity index (χ0) is 27.3. The fourth-order valence-electron chi connectivity index (χ4n) is 4.48. The molecule has 4 rings (SSSR count). The number of methoxy groups -OCH3 is 1. The van der Waals surface area contributed by atoms with E-state index in [1.54, 1.807) is 24.4 Å². The third-order valence-electron chi connectivity index (χ3n) is 6.65. The van der Waals surface area contributed by atoms with Crippen LogP contribution in [0.3, 0.4) is 0 Å². The van der Waals surface area contributed by atoms with Crippen molar-refractivity contribution in [3.8, 4) is 17.6 Å². The van der Waals surface area contributed by atoms with E-state index in [9.17, 15) is 18.0 Å². The SMILES string of the molecule is COc1ccc(C(=O)Nc2ccc(CC3CCN(C)CC3)c(C(F)(F)F)c2)cc1C#Cc1cccnc1N. The third-order valence-corrected chi connectivity index (χ3v) is 6.65. The highest BCUT2D eigenvalue weighted by molar-refractivity contribution is 6.04. The van der Waals surface area contributed by atoms with Gasteiger partial charge in [0.25, 0.3) is 5.91 Å². The van der Waals surface area contributed by atoms with E-state index in [2.05, 4.69) is 27.0 Å². The molecule has 6 nitrogen and oxygen atoms in total. The van der Waals surface area contributed by atoms with Crippen LogP contribution in [0.2, 0.25) is 0 Å². The van der Waals surface area contributed by atoms with Gasteiger partial charge in [-0.05, 0) is 93.3 Å². The monoisotopic (exact) mass is 522 g/mol. The number of aromatic nitrogens is 1. The Morgan fingerprint density at radius 1 is 1.13 bits per heavy atom. The van der Waals surface area contributed by atoms with Crippen LogP contribution in [-0.4, -0.2) is 43.0 Å². The molecule has 1 aromatic heterocycles. The number of hydrogen-bond donors (Lipinski definition) is 2. The van der Waals surface area contributed by atoms with Crippen molar-refractivity contribution in [2.45, 2.75) is 25.4 Å². The summed E-state index contributed by atoms with van der Waals surface area (Å²) in [5.41, 5.74) is 6.61. The van der Waals surface area contributed by atoms with Crippen LogP contribution in [0.1, 0.15) is 45.5 Å². The molecule has 0 unspecified atom stereocenters. The van der Waals surface area contributed by atoms with Gasteiger partial charge in [-0.15, -0.1) is 0 Å². The molecular formula is C29H29F3N4O2. The maximum absolute atomic E-state index is 13.9. The predicted molar refractivity (Wildman–Crippen MR) is 141 cm³/mol. The fourth-order valence-corrected chi connectivity index (χ4v) is 4.48. The average Bonchev–Trinajstić information content (AvgIpc) is 2.89. The van der Waals surface area contributed by atoms with E-state index in [0.29, 0.717) is 23.3 Å². The zero-order valence-corrected chi connectivity index (χ0v) is 21.2. The number of amides is 1. The molecule has 198 valence electrons. The molecule has 38 heavy (non-hydrogen) atoms. The molecule has 0 saturated carbocycles. The van der Waals surface area contributed by atoms with Gasteiger partial charge in [-0.1, -0.05) is 17.9 Å². The lowest BCUT2D eigenvalue weighted by atomic mass is 9.88. The zero-order valence-electron chi connectivity index (χ0n) is 21.2. The summed E-state index contributed by atoms with van der Waals surface area (Å²) in [6, 6.07) is 12.0. The van der Waals surface area contributed by atoms with Crippen LogP contribution < -0.4 is 15.8 Å². The predicted octanol–water partition coefficient (Wildman–Crippen LogP) is 5.23. The number of pyridine rings is 1. The second kappa shape index (κ2) is 11.6. The largest absolute Gasteiger partial charge is 0.495 e. The molecule has 3 N–H and O–H groups in total. The van der Waals surface area contributed by atoms with Crippen LogP contribution >= 0.6 is 0 Å². The van der Waals surface area contributed by atoms with Gasteiger partial charge in [0.05, 0.1) is 23.8 Å². The van der Waals surface area contributed by atoms with E-state index < -0.39 is 17.6 Å². The minimum atomic E-state index is -4.53. The van der Waals surface area contributed by atoms with Crippen LogP contribution in [0.15, 0.2) is 54.7 Å². The van der Waals surface area contributed by atoms with Crippen molar-refractivity contribution >= 4 is 17.4 Å². The Kier molecular flexibility index (Phi) is 8.23. The van der Waals surface area contributed by atoms with Crippen molar-refractivity contribution in [2.75, 3.05) is 38.3 Å². The molecule has 1 aliphatic rings. The number of nitrogens with zero attached hydrogens (tertiary/aromatic N) is 2. The van der Waals surface area contributed by atoms with Crippen LogP contribution in [-0.2, 0) is 12.6 Å². The third kappa shape index (κ3) is 6.64. The molecule has 1 aliphatic heterocycles. The number of carbonyl (C=O) groups excluding carboxylic acids is 1. The maximum Gasteiger partial charge on any atom is 0.416 e. The Morgan fingerprint density at radius 3 is 2.55 bits per heavy atom. The molecule has 1 amide bonds. The summed E-state index contributed by atoms with van der Waals surface area (Å²) in [7, 11) is 3.49. The molecule has 1 fully saturated rings. The average molecular weight is 523 g/mol. The smallest absolute Gasteiger partial charge is 0.416 e. The number of ether oxygens (including phenoxy) is 1. The second-order valence-electron chi connectivity index (χ2n) is 9.38. The van der Waals surface area contributed by atoms with Gasteiger partial charge in [0.2, 0.25) is 0 Å². The summed E-state index contributed by atoms with van der Waals surface area (Å²) in [5.74, 6) is 6.19. The van der Waals surface area contributed by atoms with Gasteiger partial charge >= 0.3 is 6.18 Å².